The summed E-state index contributed by atoms with van der Waals surface area (Å²) < 4.78 is 0. The lowest BCUT2D eigenvalue weighted by Gasteiger charge is -2.11. The van der Waals surface area contributed by atoms with Crippen molar-refractivity contribution in [1.82, 2.24) is 5.32 Å². The van der Waals surface area contributed by atoms with Gasteiger partial charge in [-0.25, -0.2) is 0 Å². The minimum absolute atomic E-state index is 0.138. The third kappa shape index (κ3) is 6.57. The molecule has 5 N–H and O–H groups in total. The molecule has 0 fully saturated rings. The van der Waals surface area contributed by atoms with Gasteiger partial charge in [0, 0.05) is 13.0 Å². The highest BCUT2D eigenvalue weighted by molar-refractivity contribution is 5.82. The lowest BCUT2D eigenvalue weighted by Crippen LogP contribution is -2.41. The summed E-state index contributed by atoms with van der Waals surface area (Å²) in [7, 11) is 0. The summed E-state index contributed by atoms with van der Waals surface area (Å²) in [6.07, 6.45) is 2.20. The molecule has 0 aliphatic carbocycles. The highest BCUT2D eigenvalue weighted by Crippen LogP contribution is 2.01. The number of benzene rings is 1. The molecule has 5 nitrogen and oxygen atoms in total. The standard InChI is InChI=1S/C14H21N3O2/c15-12(8-9-13(16)18)14(19)17-10-4-7-11-5-2-1-3-6-11/h1-3,5-6,12H,4,7-10,15H2,(H2,16,18)(H,17,19)/t12-/m1/s1. The molecule has 1 atom stereocenters. The molecule has 5 heteroatoms. The van der Waals surface area contributed by atoms with Crippen molar-refractivity contribution >= 4 is 11.8 Å². The van der Waals surface area contributed by atoms with Crippen LogP contribution in [-0.2, 0) is 16.0 Å². The predicted octanol–water partition coefficient (Wildman–Crippen LogP) is 0.328. The third-order valence-electron chi connectivity index (χ3n) is 2.82. The molecule has 0 saturated carbocycles. The molecule has 0 radical (unpaired) electrons. The van der Waals surface area contributed by atoms with Crippen LogP contribution < -0.4 is 16.8 Å². The molecule has 0 unspecified atom stereocenters. The van der Waals surface area contributed by atoms with Gasteiger partial charge in [-0.1, -0.05) is 30.3 Å². The van der Waals surface area contributed by atoms with E-state index in [1.807, 2.05) is 18.2 Å². The molecule has 0 heterocycles. The SMILES string of the molecule is NC(=O)CC[C@@H](N)C(=O)NCCCc1ccccc1. The van der Waals surface area contributed by atoms with E-state index in [-0.39, 0.29) is 12.3 Å². The minimum Gasteiger partial charge on any atom is -0.370 e. The Balaban J connectivity index is 2.15. The van der Waals surface area contributed by atoms with Gasteiger partial charge >= 0.3 is 0 Å². The Labute approximate surface area is 113 Å². The van der Waals surface area contributed by atoms with Crippen molar-refractivity contribution in [2.24, 2.45) is 11.5 Å². The van der Waals surface area contributed by atoms with Crippen molar-refractivity contribution in [2.45, 2.75) is 31.7 Å². The number of nitrogens with two attached hydrogens (primary N) is 2. The van der Waals surface area contributed by atoms with Crippen molar-refractivity contribution < 1.29 is 9.59 Å². The van der Waals surface area contributed by atoms with Gasteiger partial charge in [-0.3, -0.25) is 9.59 Å². The summed E-state index contributed by atoms with van der Waals surface area (Å²) in [5.74, 6) is -0.665. The van der Waals surface area contributed by atoms with E-state index in [4.69, 9.17) is 11.5 Å². The molecule has 0 aromatic heterocycles. The van der Waals surface area contributed by atoms with E-state index in [1.165, 1.54) is 5.56 Å². The fourth-order valence-corrected chi connectivity index (χ4v) is 1.71. The molecule has 2 amide bonds. The maximum Gasteiger partial charge on any atom is 0.236 e. The lowest BCUT2D eigenvalue weighted by atomic mass is 10.1. The number of primary amides is 1. The second-order valence-corrected chi connectivity index (χ2v) is 4.49. The first-order valence-corrected chi connectivity index (χ1v) is 6.45. The van der Waals surface area contributed by atoms with E-state index in [0.717, 1.165) is 12.8 Å². The number of carbonyl (C=O) groups excluding carboxylic acids is 2. The largest absolute Gasteiger partial charge is 0.370 e. The van der Waals surface area contributed by atoms with Gasteiger partial charge in [0.1, 0.15) is 0 Å². The molecule has 0 aliphatic heterocycles. The van der Waals surface area contributed by atoms with Crippen LogP contribution in [0, 0.1) is 0 Å². The van der Waals surface area contributed by atoms with Crippen LogP contribution in [-0.4, -0.2) is 24.4 Å². The first-order valence-electron chi connectivity index (χ1n) is 6.45. The molecule has 0 spiro atoms. The van der Waals surface area contributed by atoms with Crippen molar-refractivity contribution in [1.29, 1.82) is 0 Å². The fourth-order valence-electron chi connectivity index (χ4n) is 1.71. The summed E-state index contributed by atoms with van der Waals surface area (Å²) in [5, 5.41) is 2.76. The molecule has 0 saturated heterocycles. The maximum absolute atomic E-state index is 11.6. The zero-order valence-electron chi connectivity index (χ0n) is 11.0. The van der Waals surface area contributed by atoms with Gasteiger partial charge in [-0.2, -0.15) is 0 Å². The minimum atomic E-state index is -0.663. The molecule has 1 rings (SSSR count). The zero-order valence-corrected chi connectivity index (χ0v) is 11.0. The average molecular weight is 263 g/mol. The van der Waals surface area contributed by atoms with Crippen LogP contribution in [0.5, 0.6) is 0 Å². The Morgan fingerprint density at radius 3 is 2.53 bits per heavy atom. The summed E-state index contributed by atoms with van der Waals surface area (Å²) >= 11 is 0. The van der Waals surface area contributed by atoms with Crippen LogP contribution in [0.1, 0.15) is 24.8 Å². The van der Waals surface area contributed by atoms with E-state index >= 15 is 0 Å². The van der Waals surface area contributed by atoms with Crippen molar-refractivity contribution in [2.75, 3.05) is 6.54 Å². The molecule has 19 heavy (non-hydrogen) atoms. The molecular formula is C14H21N3O2. The molecular weight excluding hydrogens is 242 g/mol. The first kappa shape index (κ1) is 15.2. The summed E-state index contributed by atoms with van der Waals surface area (Å²) in [6.45, 7) is 0.581. The number of aryl methyl sites for hydroxylation is 1. The number of hydrogen-bond acceptors (Lipinski definition) is 3. The monoisotopic (exact) mass is 263 g/mol. The van der Waals surface area contributed by atoms with Crippen LogP contribution >= 0.6 is 0 Å². The van der Waals surface area contributed by atoms with Gasteiger partial charge in [0.15, 0.2) is 0 Å². The number of amides is 2. The summed E-state index contributed by atoms with van der Waals surface area (Å²) in [6, 6.07) is 9.41. The second kappa shape index (κ2) is 8.26. The Morgan fingerprint density at radius 1 is 1.21 bits per heavy atom. The van der Waals surface area contributed by atoms with Gasteiger partial charge in [-0.05, 0) is 24.8 Å². The zero-order chi connectivity index (χ0) is 14.1. The van der Waals surface area contributed by atoms with E-state index in [2.05, 4.69) is 17.4 Å². The maximum atomic E-state index is 11.6. The molecule has 1 aromatic carbocycles. The van der Waals surface area contributed by atoms with Crippen LogP contribution in [0.3, 0.4) is 0 Å². The van der Waals surface area contributed by atoms with Gasteiger partial charge in [0.25, 0.3) is 0 Å². The predicted molar refractivity (Wildman–Crippen MR) is 74.2 cm³/mol. The summed E-state index contributed by atoms with van der Waals surface area (Å²) in [4.78, 5) is 22.2. The van der Waals surface area contributed by atoms with Gasteiger partial charge < -0.3 is 16.8 Å². The lowest BCUT2D eigenvalue weighted by molar-refractivity contribution is -0.122. The van der Waals surface area contributed by atoms with E-state index in [1.54, 1.807) is 0 Å². The smallest absolute Gasteiger partial charge is 0.236 e. The number of nitrogens with one attached hydrogen (secondary N) is 1. The van der Waals surface area contributed by atoms with E-state index in [9.17, 15) is 9.59 Å². The molecule has 0 aliphatic rings. The quantitative estimate of drug-likeness (QED) is 0.589. The molecule has 0 bridgehead atoms. The number of rotatable bonds is 8. The first-order chi connectivity index (χ1) is 9.09. The third-order valence-corrected chi connectivity index (χ3v) is 2.82. The molecule has 104 valence electrons. The fraction of sp³-hybridized carbons (Fsp3) is 0.429. The topological polar surface area (TPSA) is 98.2 Å². The van der Waals surface area contributed by atoms with Crippen molar-refractivity contribution in [3.05, 3.63) is 35.9 Å². The summed E-state index contributed by atoms with van der Waals surface area (Å²) in [5.41, 5.74) is 11.9. The van der Waals surface area contributed by atoms with Gasteiger partial charge in [-0.15, -0.1) is 0 Å². The highest BCUT2D eigenvalue weighted by atomic mass is 16.2. The van der Waals surface area contributed by atoms with Crippen molar-refractivity contribution in [3.63, 3.8) is 0 Å². The molecule has 1 aromatic rings. The van der Waals surface area contributed by atoms with Crippen LogP contribution in [0.2, 0.25) is 0 Å². The van der Waals surface area contributed by atoms with Gasteiger partial charge in [0.05, 0.1) is 6.04 Å². The van der Waals surface area contributed by atoms with Crippen LogP contribution in [0.4, 0.5) is 0 Å². The Morgan fingerprint density at radius 2 is 1.89 bits per heavy atom. The van der Waals surface area contributed by atoms with Crippen LogP contribution in [0.25, 0.3) is 0 Å². The van der Waals surface area contributed by atoms with E-state index in [0.29, 0.717) is 13.0 Å². The average Bonchev–Trinajstić information content (AvgIpc) is 2.41. The van der Waals surface area contributed by atoms with E-state index < -0.39 is 11.9 Å². The normalized spacial score (nSPS) is 11.8. The number of carbonyl (C=O) groups is 2. The van der Waals surface area contributed by atoms with Crippen molar-refractivity contribution in [3.8, 4) is 0 Å². The Bertz CT molecular complexity index is 406. The Kier molecular flexibility index (Phi) is 6.60. The highest BCUT2D eigenvalue weighted by Gasteiger charge is 2.13. The van der Waals surface area contributed by atoms with Gasteiger partial charge in [0.2, 0.25) is 11.8 Å². The second-order valence-electron chi connectivity index (χ2n) is 4.49. The Hall–Kier alpha value is -1.88. The van der Waals surface area contributed by atoms with Crippen LogP contribution in [0.15, 0.2) is 30.3 Å². The number of hydrogen-bond donors (Lipinski definition) is 3.